The molecule has 1 aromatic carbocycles. The molecule has 92 valence electrons. The molecule has 1 fully saturated rings. The number of rotatable bonds is 4. The number of carboxylic acids is 1. The highest BCUT2D eigenvalue weighted by molar-refractivity contribution is 5.79. The molecule has 1 unspecified atom stereocenters. The first-order valence-corrected chi connectivity index (χ1v) is 5.94. The number of hydrogen-bond donors (Lipinski definition) is 1. The first kappa shape index (κ1) is 12.1. The summed E-state index contributed by atoms with van der Waals surface area (Å²) in [4.78, 5) is 13.5. The Kier molecular flexibility index (Phi) is 2.96. The predicted molar refractivity (Wildman–Crippen MR) is 66.9 cm³/mol. The lowest BCUT2D eigenvalue weighted by Crippen LogP contribution is -2.34. The van der Waals surface area contributed by atoms with Crippen LogP contribution in [0.4, 0.5) is 0 Å². The highest BCUT2D eigenvalue weighted by Gasteiger charge is 2.57. The Hall–Kier alpha value is -1.35. The molecule has 0 aromatic heterocycles. The lowest BCUT2D eigenvalue weighted by Gasteiger charge is -2.31. The van der Waals surface area contributed by atoms with Gasteiger partial charge in [0, 0.05) is 0 Å². The maximum Gasteiger partial charge on any atom is 0.311 e. The highest BCUT2D eigenvalue weighted by Crippen LogP contribution is 2.57. The standard InChI is InChI=1S/C14H19NO2/c1-10-6-4-5-7-11(10)12(15(2)3)14(8-9-14)13(16)17/h4-7,12H,8-9H2,1-3H3,(H,16,17). The Morgan fingerprint density at radius 3 is 2.35 bits per heavy atom. The van der Waals surface area contributed by atoms with Crippen LogP contribution in [0, 0.1) is 12.3 Å². The third kappa shape index (κ3) is 1.95. The fourth-order valence-electron chi connectivity index (χ4n) is 2.70. The lowest BCUT2D eigenvalue weighted by molar-refractivity contribution is -0.146. The van der Waals surface area contributed by atoms with Crippen LogP contribution in [0.5, 0.6) is 0 Å². The summed E-state index contributed by atoms with van der Waals surface area (Å²) in [7, 11) is 3.92. The molecule has 0 aliphatic heterocycles. The van der Waals surface area contributed by atoms with E-state index < -0.39 is 11.4 Å². The molecule has 2 rings (SSSR count). The van der Waals surface area contributed by atoms with Gasteiger partial charge < -0.3 is 10.0 Å². The molecule has 0 bridgehead atoms. The van der Waals surface area contributed by atoms with Gasteiger partial charge in [-0.2, -0.15) is 0 Å². The number of benzene rings is 1. The second-order valence-electron chi connectivity index (χ2n) is 5.18. The van der Waals surface area contributed by atoms with E-state index in [1.54, 1.807) is 0 Å². The van der Waals surface area contributed by atoms with Crippen LogP contribution in [0.1, 0.15) is 30.0 Å². The molecule has 17 heavy (non-hydrogen) atoms. The molecule has 0 radical (unpaired) electrons. The number of aliphatic carboxylic acids is 1. The Balaban J connectivity index is 2.44. The monoisotopic (exact) mass is 233 g/mol. The number of aryl methyl sites for hydroxylation is 1. The Morgan fingerprint density at radius 1 is 1.35 bits per heavy atom. The molecule has 3 nitrogen and oxygen atoms in total. The zero-order valence-electron chi connectivity index (χ0n) is 10.6. The summed E-state index contributed by atoms with van der Waals surface area (Å²) < 4.78 is 0. The first-order chi connectivity index (χ1) is 7.99. The summed E-state index contributed by atoms with van der Waals surface area (Å²) in [6.07, 6.45) is 1.55. The SMILES string of the molecule is Cc1ccccc1C(N(C)C)C1(C(=O)O)CC1. The topological polar surface area (TPSA) is 40.5 Å². The van der Waals surface area contributed by atoms with Crippen molar-refractivity contribution >= 4 is 5.97 Å². The van der Waals surface area contributed by atoms with Crippen LogP contribution in [-0.2, 0) is 4.79 Å². The molecule has 1 saturated carbocycles. The van der Waals surface area contributed by atoms with Crippen LogP contribution >= 0.6 is 0 Å². The molecular formula is C14H19NO2. The number of carbonyl (C=O) groups is 1. The van der Waals surface area contributed by atoms with Gasteiger partial charge in [0.1, 0.15) is 0 Å². The zero-order chi connectivity index (χ0) is 12.6. The summed E-state index contributed by atoms with van der Waals surface area (Å²) in [5, 5.41) is 9.45. The van der Waals surface area contributed by atoms with Gasteiger partial charge in [0.2, 0.25) is 0 Å². The average molecular weight is 233 g/mol. The predicted octanol–water partition coefficient (Wildman–Crippen LogP) is 2.46. The van der Waals surface area contributed by atoms with Crippen molar-refractivity contribution in [2.75, 3.05) is 14.1 Å². The second-order valence-corrected chi connectivity index (χ2v) is 5.18. The van der Waals surface area contributed by atoms with Crippen molar-refractivity contribution < 1.29 is 9.90 Å². The van der Waals surface area contributed by atoms with Crippen molar-refractivity contribution in [1.82, 2.24) is 4.90 Å². The normalized spacial score (nSPS) is 19.1. The van der Waals surface area contributed by atoms with Gasteiger partial charge >= 0.3 is 5.97 Å². The van der Waals surface area contributed by atoms with Crippen LogP contribution in [0.15, 0.2) is 24.3 Å². The Labute approximate surface area is 102 Å². The Morgan fingerprint density at radius 2 is 1.94 bits per heavy atom. The third-order valence-corrected chi connectivity index (χ3v) is 3.74. The summed E-state index contributed by atoms with van der Waals surface area (Å²) in [6, 6.07) is 8.04. The minimum Gasteiger partial charge on any atom is -0.481 e. The van der Waals surface area contributed by atoms with E-state index >= 15 is 0 Å². The van der Waals surface area contributed by atoms with Crippen molar-refractivity contribution in [3.05, 3.63) is 35.4 Å². The van der Waals surface area contributed by atoms with E-state index in [9.17, 15) is 9.90 Å². The van der Waals surface area contributed by atoms with Gasteiger partial charge in [-0.25, -0.2) is 0 Å². The van der Waals surface area contributed by atoms with E-state index in [0.29, 0.717) is 0 Å². The summed E-state index contributed by atoms with van der Waals surface area (Å²) in [6.45, 7) is 2.05. The van der Waals surface area contributed by atoms with E-state index in [1.807, 2.05) is 50.2 Å². The molecule has 1 aliphatic carbocycles. The van der Waals surface area contributed by atoms with Crippen LogP contribution in [0.25, 0.3) is 0 Å². The number of nitrogens with zero attached hydrogens (tertiary/aromatic N) is 1. The van der Waals surface area contributed by atoms with Crippen LogP contribution in [0.2, 0.25) is 0 Å². The van der Waals surface area contributed by atoms with Crippen LogP contribution in [-0.4, -0.2) is 30.1 Å². The third-order valence-electron chi connectivity index (χ3n) is 3.74. The largest absolute Gasteiger partial charge is 0.481 e. The molecular weight excluding hydrogens is 214 g/mol. The quantitative estimate of drug-likeness (QED) is 0.868. The molecule has 1 atom stereocenters. The maximum absolute atomic E-state index is 11.5. The van der Waals surface area contributed by atoms with Gasteiger partial charge in [-0.3, -0.25) is 4.79 Å². The second kappa shape index (κ2) is 4.15. The summed E-state index contributed by atoms with van der Waals surface area (Å²) >= 11 is 0. The molecule has 0 saturated heterocycles. The van der Waals surface area contributed by atoms with Gasteiger partial charge in [-0.1, -0.05) is 24.3 Å². The fourth-order valence-corrected chi connectivity index (χ4v) is 2.70. The summed E-state index contributed by atoms with van der Waals surface area (Å²) in [5.41, 5.74) is 1.73. The van der Waals surface area contributed by atoms with E-state index in [0.717, 1.165) is 18.4 Å². The zero-order valence-corrected chi connectivity index (χ0v) is 10.6. The van der Waals surface area contributed by atoms with Crippen molar-refractivity contribution in [1.29, 1.82) is 0 Å². The molecule has 1 aliphatic rings. The van der Waals surface area contributed by atoms with E-state index in [-0.39, 0.29) is 6.04 Å². The fraction of sp³-hybridized carbons (Fsp3) is 0.500. The first-order valence-electron chi connectivity index (χ1n) is 5.94. The Bertz CT molecular complexity index is 436. The van der Waals surface area contributed by atoms with Crippen molar-refractivity contribution in [3.63, 3.8) is 0 Å². The molecule has 1 N–H and O–H groups in total. The van der Waals surface area contributed by atoms with Crippen molar-refractivity contribution in [3.8, 4) is 0 Å². The summed E-state index contributed by atoms with van der Waals surface area (Å²) in [5.74, 6) is -0.667. The minimum absolute atomic E-state index is 0.0267. The van der Waals surface area contributed by atoms with Crippen LogP contribution < -0.4 is 0 Å². The van der Waals surface area contributed by atoms with Crippen molar-refractivity contribution in [2.45, 2.75) is 25.8 Å². The average Bonchev–Trinajstić information content (AvgIpc) is 3.02. The number of hydrogen-bond acceptors (Lipinski definition) is 2. The molecule has 3 heteroatoms. The molecule has 0 amide bonds. The van der Waals surface area contributed by atoms with Gasteiger partial charge in [0.15, 0.2) is 0 Å². The van der Waals surface area contributed by atoms with Gasteiger partial charge in [0.05, 0.1) is 11.5 Å². The van der Waals surface area contributed by atoms with E-state index in [1.165, 1.54) is 5.56 Å². The van der Waals surface area contributed by atoms with Gasteiger partial charge in [-0.15, -0.1) is 0 Å². The van der Waals surface area contributed by atoms with Gasteiger partial charge in [-0.05, 0) is 45.0 Å². The van der Waals surface area contributed by atoms with Crippen LogP contribution in [0.3, 0.4) is 0 Å². The molecule has 0 spiro atoms. The minimum atomic E-state index is -0.667. The van der Waals surface area contributed by atoms with E-state index in [4.69, 9.17) is 0 Å². The molecule has 0 heterocycles. The maximum atomic E-state index is 11.5. The smallest absolute Gasteiger partial charge is 0.311 e. The number of carboxylic acid groups (broad SMARTS) is 1. The van der Waals surface area contributed by atoms with Gasteiger partial charge in [0.25, 0.3) is 0 Å². The van der Waals surface area contributed by atoms with Crippen molar-refractivity contribution in [2.24, 2.45) is 5.41 Å². The highest BCUT2D eigenvalue weighted by atomic mass is 16.4. The van der Waals surface area contributed by atoms with E-state index in [2.05, 4.69) is 0 Å². The lowest BCUT2D eigenvalue weighted by atomic mass is 9.87. The molecule has 1 aromatic rings.